The summed E-state index contributed by atoms with van der Waals surface area (Å²) in [6.07, 6.45) is 8.32. The highest BCUT2D eigenvalue weighted by Crippen LogP contribution is 2.21. The Balaban J connectivity index is 1.91. The van der Waals surface area contributed by atoms with E-state index in [4.69, 9.17) is 0 Å². The van der Waals surface area contributed by atoms with Crippen LogP contribution in [0, 0.1) is 0 Å². The zero-order valence-electron chi connectivity index (χ0n) is 9.04. The van der Waals surface area contributed by atoms with Crippen molar-refractivity contribution in [1.29, 1.82) is 0 Å². The van der Waals surface area contributed by atoms with Crippen molar-refractivity contribution in [3.8, 4) is 0 Å². The van der Waals surface area contributed by atoms with E-state index in [0.29, 0.717) is 6.42 Å². The fourth-order valence-corrected chi connectivity index (χ4v) is 2.40. The summed E-state index contributed by atoms with van der Waals surface area (Å²) in [5, 5.41) is 13.2. The molecule has 0 heterocycles. The Morgan fingerprint density at radius 2 is 2.00 bits per heavy atom. The maximum Gasteiger partial charge on any atom is 0.157 e. The molecule has 0 bridgehead atoms. The summed E-state index contributed by atoms with van der Waals surface area (Å²) in [5.41, 5.74) is 1.02. The molecular weight excluding hydrogens is 190 g/mol. The van der Waals surface area contributed by atoms with E-state index < -0.39 is 0 Å². The number of carbonyl (C=O) groups is 1. The van der Waals surface area contributed by atoms with Gasteiger partial charge in [-0.05, 0) is 19.3 Å². The van der Waals surface area contributed by atoms with E-state index in [9.17, 15) is 9.90 Å². The van der Waals surface area contributed by atoms with Gasteiger partial charge in [0.25, 0.3) is 0 Å². The topological polar surface area (TPSA) is 49.3 Å². The highest BCUT2D eigenvalue weighted by atomic mass is 16.3. The van der Waals surface area contributed by atoms with Crippen molar-refractivity contribution in [3.05, 3.63) is 11.8 Å². The van der Waals surface area contributed by atoms with Gasteiger partial charge in [-0.2, -0.15) is 0 Å². The summed E-state index contributed by atoms with van der Waals surface area (Å²) in [5.74, 6) is 0.209. The van der Waals surface area contributed by atoms with Crippen molar-refractivity contribution >= 4 is 5.78 Å². The molecule has 3 nitrogen and oxygen atoms in total. The standard InChI is InChI=1S/C12H19NO2/c14-10-7-6-9(8-10)13-11-4-2-1-3-5-12(11)15/h8,11-13,15H,1-7H2. The first-order valence-electron chi connectivity index (χ1n) is 5.94. The molecule has 1 saturated carbocycles. The van der Waals surface area contributed by atoms with Crippen LogP contribution in [0.2, 0.25) is 0 Å². The minimum absolute atomic E-state index is 0.157. The second-order valence-electron chi connectivity index (χ2n) is 4.59. The summed E-state index contributed by atoms with van der Waals surface area (Å²) in [6, 6.07) is 0.157. The van der Waals surface area contributed by atoms with Crippen LogP contribution in [0.1, 0.15) is 44.9 Å². The molecule has 0 aromatic heterocycles. The van der Waals surface area contributed by atoms with Gasteiger partial charge in [0.05, 0.1) is 12.1 Å². The van der Waals surface area contributed by atoms with Crippen LogP contribution < -0.4 is 5.32 Å². The van der Waals surface area contributed by atoms with E-state index in [1.54, 1.807) is 6.08 Å². The molecule has 2 aliphatic carbocycles. The van der Waals surface area contributed by atoms with Gasteiger partial charge in [0.1, 0.15) is 0 Å². The molecule has 2 atom stereocenters. The second kappa shape index (κ2) is 4.79. The summed E-state index contributed by atoms with van der Waals surface area (Å²) < 4.78 is 0. The number of allylic oxidation sites excluding steroid dienone is 2. The summed E-state index contributed by atoms with van der Waals surface area (Å²) in [4.78, 5) is 11.1. The fourth-order valence-electron chi connectivity index (χ4n) is 2.40. The molecule has 0 aromatic rings. The van der Waals surface area contributed by atoms with Crippen molar-refractivity contribution in [1.82, 2.24) is 5.32 Å². The van der Waals surface area contributed by atoms with Crippen LogP contribution in [0.15, 0.2) is 11.8 Å². The number of carbonyl (C=O) groups excluding carboxylic acids is 1. The number of nitrogens with one attached hydrogen (secondary N) is 1. The molecule has 2 unspecified atom stereocenters. The molecule has 2 aliphatic rings. The lowest BCUT2D eigenvalue weighted by Crippen LogP contribution is -2.38. The zero-order valence-corrected chi connectivity index (χ0v) is 9.04. The Labute approximate surface area is 90.6 Å². The van der Waals surface area contributed by atoms with Crippen LogP contribution in [0.25, 0.3) is 0 Å². The maximum absolute atomic E-state index is 11.1. The van der Waals surface area contributed by atoms with E-state index in [-0.39, 0.29) is 17.9 Å². The lowest BCUT2D eigenvalue weighted by molar-refractivity contribution is -0.114. The smallest absolute Gasteiger partial charge is 0.157 e. The quantitative estimate of drug-likeness (QED) is 0.678. The van der Waals surface area contributed by atoms with Gasteiger partial charge in [0, 0.05) is 18.2 Å². The van der Waals surface area contributed by atoms with Crippen LogP contribution in [0.3, 0.4) is 0 Å². The lowest BCUT2D eigenvalue weighted by Gasteiger charge is -2.23. The van der Waals surface area contributed by atoms with Crippen LogP contribution in [-0.4, -0.2) is 23.0 Å². The van der Waals surface area contributed by atoms with Gasteiger partial charge in [0.15, 0.2) is 5.78 Å². The Kier molecular flexibility index (Phi) is 3.41. The summed E-state index contributed by atoms with van der Waals surface area (Å²) >= 11 is 0. The van der Waals surface area contributed by atoms with Crippen molar-refractivity contribution in [2.75, 3.05) is 0 Å². The van der Waals surface area contributed by atoms with Gasteiger partial charge in [-0.25, -0.2) is 0 Å². The van der Waals surface area contributed by atoms with Gasteiger partial charge in [-0.3, -0.25) is 4.79 Å². The van der Waals surface area contributed by atoms with Crippen LogP contribution >= 0.6 is 0 Å². The molecular formula is C12H19NO2. The molecule has 15 heavy (non-hydrogen) atoms. The summed E-state index contributed by atoms with van der Waals surface area (Å²) in [7, 11) is 0. The van der Waals surface area contributed by atoms with E-state index in [1.165, 1.54) is 12.8 Å². The minimum Gasteiger partial charge on any atom is -0.391 e. The summed E-state index contributed by atoms with van der Waals surface area (Å²) in [6.45, 7) is 0. The molecule has 0 aliphatic heterocycles. The minimum atomic E-state index is -0.246. The van der Waals surface area contributed by atoms with Crippen molar-refractivity contribution in [2.24, 2.45) is 0 Å². The number of hydrogen-bond acceptors (Lipinski definition) is 3. The van der Waals surface area contributed by atoms with E-state index >= 15 is 0 Å². The first kappa shape index (κ1) is 10.7. The van der Waals surface area contributed by atoms with Crippen LogP contribution in [0.5, 0.6) is 0 Å². The third-order valence-corrected chi connectivity index (χ3v) is 3.33. The van der Waals surface area contributed by atoms with Crippen LogP contribution in [-0.2, 0) is 4.79 Å². The van der Waals surface area contributed by atoms with E-state index in [1.807, 2.05) is 0 Å². The van der Waals surface area contributed by atoms with E-state index in [2.05, 4.69) is 5.32 Å². The van der Waals surface area contributed by atoms with E-state index in [0.717, 1.165) is 31.4 Å². The highest BCUT2D eigenvalue weighted by molar-refractivity contribution is 5.92. The molecule has 2 N–H and O–H groups in total. The largest absolute Gasteiger partial charge is 0.391 e. The molecule has 3 heteroatoms. The molecule has 1 fully saturated rings. The first-order valence-corrected chi connectivity index (χ1v) is 5.94. The van der Waals surface area contributed by atoms with Crippen molar-refractivity contribution in [3.63, 3.8) is 0 Å². The zero-order chi connectivity index (χ0) is 10.7. The van der Waals surface area contributed by atoms with Gasteiger partial charge in [-0.1, -0.05) is 19.3 Å². The monoisotopic (exact) mass is 209 g/mol. The van der Waals surface area contributed by atoms with Crippen molar-refractivity contribution in [2.45, 2.75) is 57.1 Å². The molecule has 0 saturated heterocycles. The van der Waals surface area contributed by atoms with Gasteiger partial charge < -0.3 is 10.4 Å². The number of rotatable bonds is 2. The number of aliphatic hydroxyl groups is 1. The number of aliphatic hydroxyl groups excluding tert-OH is 1. The Morgan fingerprint density at radius 3 is 2.73 bits per heavy atom. The Morgan fingerprint density at radius 1 is 1.20 bits per heavy atom. The predicted molar refractivity (Wildman–Crippen MR) is 58.3 cm³/mol. The van der Waals surface area contributed by atoms with Crippen LogP contribution in [0.4, 0.5) is 0 Å². The maximum atomic E-state index is 11.1. The molecule has 0 spiro atoms. The average molecular weight is 209 g/mol. The average Bonchev–Trinajstić information content (AvgIpc) is 2.50. The molecule has 84 valence electrons. The highest BCUT2D eigenvalue weighted by Gasteiger charge is 2.23. The number of ketones is 1. The Hall–Kier alpha value is -0.830. The van der Waals surface area contributed by atoms with Gasteiger partial charge in [0.2, 0.25) is 0 Å². The van der Waals surface area contributed by atoms with Crippen molar-refractivity contribution < 1.29 is 9.90 Å². The molecule has 0 amide bonds. The van der Waals surface area contributed by atoms with Gasteiger partial charge in [-0.15, -0.1) is 0 Å². The Bertz CT molecular complexity index is 273. The fraction of sp³-hybridized carbons (Fsp3) is 0.750. The predicted octanol–water partition coefficient (Wildman–Crippen LogP) is 1.52. The first-order chi connectivity index (χ1) is 7.25. The lowest BCUT2D eigenvalue weighted by atomic mass is 10.1. The normalized spacial score (nSPS) is 32.3. The third-order valence-electron chi connectivity index (χ3n) is 3.33. The third kappa shape index (κ3) is 2.81. The molecule has 0 aromatic carbocycles. The molecule has 2 rings (SSSR count). The SMILES string of the molecule is O=C1C=C(NC2CCCCCC2O)CC1. The number of hydrogen-bond donors (Lipinski definition) is 2. The second-order valence-corrected chi connectivity index (χ2v) is 4.59. The van der Waals surface area contributed by atoms with Gasteiger partial charge >= 0.3 is 0 Å². The molecule has 0 radical (unpaired) electrons.